The van der Waals surface area contributed by atoms with Crippen LogP contribution in [0.4, 0.5) is 4.39 Å². The zero-order valence-electron chi connectivity index (χ0n) is 10.4. The van der Waals surface area contributed by atoms with E-state index in [-0.39, 0.29) is 5.82 Å². The van der Waals surface area contributed by atoms with E-state index < -0.39 is 0 Å². The Kier molecular flexibility index (Phi) is 3.56. The predicted molar refractivity (Wildman–Crippen MR) is 77.2 cm³/mol. The average Bonchev–Trinajstić information content (AvgIpc) is 2.97. The summed E-state index contributed by atoms with van der Waals surface area (Å²) in [5, 5.41) is 12.7. The van der Waals surface area contributed by atoms with Gasteiger partial charge in [0.15, 0.2) is 0 Å². The first-order valence-corrected chi connectivity index (χ1v) is 7.11. The molecule has 0 atom stereocenters. The van der Waals surface area contributed by atoms with Gasteiger partial charge in [-0.25, -0.2) is 4.39 Å². The van der Waals surface area contributed by atoms with Crippen molar-refractivity contribution in [3.63, 3.8) is 0 Å². The summed E-state index contributed by atoms with van der Waals surface area (Å²) in [5.74, 6) is 0.216. The molecule has 1 aromatic heterocycles. The number of nitrogens with zero attached hydrogens (tertiary/aromatic N) is 4. The van der Waals surface area contributed by atoms with Crippen molar-refractivity contribution in [1.82, 2.24) is 20.2 Å². The summed E-state index contributed by atoms with van der Waals surface area (Å²) in [6, 6.07) is 14.3. The van der Waals surface area contributed by atoms with Crippen molar-refractivity contribution in [2.75, 3.05) is 0 Å². The molecule has 1 heterocycles. The first-order chi connectivity index (χ1) is 9.79. The Morgan fingerprint density at radius 2 is 1.85 bits per heavy atom. The Hall–Kier alpha value is -2.08. The third-order valence-corrected chi connectivity index (χ3v) is 3.45. The Morgan fingerprint density at radius 3 is 2.60 bits per heavy atom. The van der Waals surface area contributed by atoms with E-state index >= 15 is 0 Å². The minimum atomic E-state index is -0.294. The molecule has 0 radical (unpaired) electrons. The lowest BCUT2D eigenvalue weighted by atomic mass is 10.2. The fraction of sp³-hybridized carbons (Fsp3) is 0.0714. The van der Waals surface area contributed by atoms with Crippen LogP contribution in [0.25, 0.3) is 17.1 Å². The molecule has 0 aliphatic carbocycles. The summed E-state index contributed by atoms with van der Waals surface area (Å²) < 4.78 is 13.7. The highest BCUT2D eigenvalue weighted by Gasteiger charge is 2.12. The second-order valence-electron chi connectivity index (χ2n) is 4.14. The normalized spacial score (nSPS) is 10.7. The number of halogens is 2. The number of hydrogen-bond donors (Lipinski definition) is 0. The molecule has 2 aromatic carbocycles. The minimum Gasteiger partial charge on any atom is -0.207 e. The Balaban J connectivity index is 2.05. The molecule has 0 aliphatic rings. The van der Waals surface area contributed by atoms with E-state index in [1.807, 2.05) is 30.3 Å². The predicted octanol–water partition coefficient (Wildman–Crippen LogP) is 3.36. The van der Waals surface area contributed by atoms with Gasteiger partial charge in [0.25, 0.3) is 0 Å². The Bertz CT molecular complexity index is 727. The van der Waals surface area contributed by atoms with Crippen LogP contribution >= 0.6 is 15.9 Å². The third-order valence-electron chi connectivity index (χ3n) is 2.89. The second-order valence-corrected chi connectivity index (χ2v) is 4.70. The molecule has 0 saturated carbocycles. The molecule has 0 N–H and O–H groups in total. The molecule has 3 aromatic rings. The molecular weight excluding hydrogens is 323 g/mol. The van der Waals surface area contributed by atoms with Crippen LogP contribution in [0.5, 0.6) is 0 Å². The summed E-state index contributed by atoms with van der Waals surface area (Å²) in [6.07, 6.45) is 0. The molecule has 6 heteroatoms. The molecule has 0 amide bonds. The van der Waals surface area contributed by atoms with Crippen LogP contribution in [0.1, 0.15) is 5.56 Å². The lowest BCUT2D eigenvalue weighted by Gasteiger charge is -2.05. The van der Waals surface area contributed by atoms with Crippen LogP contribution in [-0.2, 0) is 5.33 Å². The van der Waals surface area contributed by atoms with Crippen LogP contribution < -0.4 is 0 Å². The van der Waals surface area contributed by atoms with E-state index in [9.17, 15) is 4.39 Å². The maximum Gasteiger partial charge on any atom is 0.205 e. The van der Waals surface area contributed by atoms with E-state index in [0.29, 0.717) is 22.4 Å². The zero-order chi connectivity index (χ0) is 13.9. The van der Waals surface area contributed by atoms with E-state index in [4.69, 9.17) is 0 Å². The number of alkyl halides is 1. The second kappa shape index (κ2) is 5.50. The third kappa shape index (κ3) is 2.34. The molecule has 0 aliphatic heterocycles. The van der Waals surface area contributed by atoms with Gasteiger partial charge in [0.05, 0.1) is 5.69 Å². The number of tetrazole rings is 1. The van der Waals surface area contributed by atoms with Crippen molar-refractivity contribution in [1.29, 1.82) is 0 Å². The molecule has 3 rings (SSSR count). The molecule has 0 saturated heterocycles. The van der Waals surface area contributed by atoms with Crippen LogP contribution in [-0.4, -0.2) is 20.2 Å². The number of rotatable bonds is 3. The molecular formula is C14H10BrFN4. The Labute approximate surface area is 123 Å². The standard InChI is InChI=1S/C14H10BrFN4/c15-9-11-12(16)7-4-8-13(11)20-18-14(17-19-20)10-5-2-1-3-6-10/h1-8H,9H2. The van der Waals surface area contributed by atoms with Gasteiger partial charge < -0.3 is 0 Å². The minimum absolute atomic E-state index is 0.294. The zero-order valence-corrected chi connectivity index (χ0v) is 12.0. The van der Waals surface area contributed by atoms with Crippen LogP contribution in [0.2, 0.25) is 0 Å². The van der Waals surface area contributed by atoms with Crippen molar-refractivity contribution in [2.45, 2.75) is 5.33 Å². The van der Waals surface area contributed by atoms with E-state index in [1.165, 1.54) is 10.9 Å². The van der Waals surface area contributed by atoms with E-state index in [1.54, 1.807) is 12.1 Å². The van der Waals surface area contributed by atoms with Crippen LogP contribution in [0, 0.1) is 5.82 Å². The average molecular weight is 333 g/mol. The van der Waals surface area contributed by atoms with Crippen molar-refractivity contribution in [3.8, 4) is 17.1 Å². The summed E-state index contributed by atoms with van der Waals surface area (Å²) in [5.41, 5.74) is 1.96. The number of aromatic nitrogens is 4. The van der Waals surface area contributed by atoms with Gasteiger partial charge in [0.1, 0.15) is 5.82 Å². The number of benzene rings is 2. The summed E-state index contributed by atoms with van der Waals surface area (Å²) in [7, 11) is 0. The monoisotopic (exact) mass is 332 g/mol. The topological polar surface area (TPSA) is 43.6 Å². The molecule has 0 spiro atoms. The van der Waals surface area contributed by atoms with Crippen molar-refractivity contribution in [3.05, 3.63) is 59.9 Å². The summed E-state index contributed by atoms with van der Waals surface area (Å²) in [6.45, 7) is 0. The van der Waals surface area contributed by atoms with Gasteiger partial charge in [-0.05, 0) is 17.3 Å². The highest BCUT2D eigenvalue weighted by Crippen LogP contribution is 2.20. The van der Waals surface area contributed by atoms with Gasteiger partial charge in [-0.15, -0.1) is 15.0 Å². The summed E-state index contributed by atoms with van der Waals surface area (Å²) >= 11 is 3.28. The van der Waals surface area contributed by atoms with E-state index in [2.05, 4.69) is 31.3 Å². The molecule has 0 unspecified atom stereocenters. The van der Waals surface area contributed by atoms with Crippen molar-refractivity contribution < 1.29 is 4.39 Å². The fourth-order valence-corrected chi connectivity index (χ4v) is 2.44. The highest BCUT2D eigenvalue weighted by molar-refractivity contribution is 9.08. The number of hydrogen-bond acceptors (Lipinski definition) is 3. The molecule has 20 heavy (non-hydrogen) atoms. The molecule has 4 nitrogen and oxygen atoms in total. The van der Waals surface area contributed by atoms with Gasteiger partial charge >= 0.3 is 0 Å². The van der Waals surface area contributed by atoms with Crippen LogP contribution in [0.3, 0.4) is 0 Å². The van der Waals surface area contributed by atoms with Gasteiger partial charge in [-0.2, -0.15) is 0 Å². The first kappa shape index (κ1) is 12.9. The summed E-state index contributed by atoms with van der Waals surface area (Å²) in [4.78, 5) is 1.35. The molecule has 0 fully saturated rings. The molecule has 0 bridgehead atoms. The first-order valence-electron chi connectivity index (χ1n) is 5.99. The highest BCUT2D eigenvalue weighted by atomic mass is 79.9. The lowest BCUT2D eigenvalue weighted by molar-refractivity contribution is 0.609. The van der Waals surface area contributed by atoms with Gasteiger partial charge in [0.2, 0.25) is 5.82 Å². The van der Waals surface area contributed by atoms with Crippen LogP contribution in [0.15, 0.2) is 48.5 Å². The van der Waals surface area contributed by atoms with Crippen molar-refractivity contribution >= 4 is 15.9 Å². The molecule has 100 valence electrons. The lowest BCUT2D eigenvalue weighted by Crippen LogP contribution is -2.04. The van der Waals surface area contributed by atoms with E-state index in [0.717, 1.165) is 5.56 Å². The van der Waals surface area contributed by atoms with Crippen molar-refractivity contribution in [2.24, 2.45) is 0 Å². The Morgan fingerprint density at radius 1 is 1.05 bits per heavy atom. The maximum absolute atomic E-state index is 13.7. The maximum atomic E-state index is 13.7. The van der Waals surface area contributed by atoms with Gasteiger partial charge in [0, 0.05) is 16.5 Å². The van der Waals surface area contributed by atoms with Gasteiger partial charge in [-0.3, -0.25) is 0 Å². The fourth-order valence-electron chi connectivity index (χ4n) is 1.89. The quantitative estimate of drug-likeness (QED) is 0.691. The largest absolute Gasteiger partial charge is 0.207 e. The SMILES string of the molecule is Fc1cccc(-n2nnc(-c3ccccc3)n2)c1CBr. The van der Waals surface area contributed by atoms with Gasteiger partial charge in [-0.1, -0.05) is 52.3 Å². The smallest absolute Gasteiger partial charge is 0.205 e.